The lowest BCUT2D eigenvalue weighted by atomic mass is 9.68. The van der Waals surface area contributed by atoms with Gasteiger partial charge in [0.1, 0.15) is 46.0 Å². The van der Waals surface area contributed by atoms with Gasteiger partial charge in [-0.1, -0.05) is 96.0 Å². The molecule has 0 aliphatic carbocycles. The Kier molecular flexibility index (Phi) is 12.7. The summed E-state index contributed by atoms with van der Waals surface area (Å²) < 4.78 is 25.0. The van der Waals surface area contributed by atoms with E-state index in [9.17, 15) is 40.2 Å². The molecule has 0 aromatic heterocycles. The number of carbonyl (C=O) groups excluding carboxylic acids is 5. The maximum atomic E-state index is 17.3. The highest BCUT2D eigenvalue weighted by Crippen LogP contribution is 2.62. The van der Waals surface area contributed by atoms with Crippen LogP contribution in [0.5, 0.6) is 46.0 Å². The van der Waals surface area contributed by atoms with Crippen LogP contribution in [-0.2, 0) is 57.6 Å². The summed E-state index contributed by atoms with van der Waals surface area (Å²) in [7, 11) is 0. The number of carboxylic acid groups (broad SMARTS) is 2. The zero-order valence-corrected chi connectivity index (χ0v) is 44.7. The number of fused-ring (bicyclic) bond motifs is 12. The number of rotatable bonds is 14. The molecule has 21 heteroatoms. The molecule has 12 rings (SSSR count). The third-order valence-electron chi connectivity index (χ3n) is 15.6. The van der Waals surface area contributed by atoms with Gasteiger partial charge in [-0.05, 0) is 84.6 Å². The molecule has 0 saturated carbocycles. The van der Waals surface area contributed by atoms with Gasteiger partial charge in [-0.25, -0.2) is 19.2 Å². The van der Waals surface area contributed by atoms with Crippen molar-refractivity contribution in [1.82, 2.24) is 0 Å². The minimum atomic E-state index is -3.85. The van der Waals surface area contributed by atoms with Gasteiger partial charge in [-0.3, -0.25) is 14.4 Å². The van der Waals surface area contributed by atoms with Crippen LogP contribution < -0.4 is 20.9 Å². The second-order valence-electron chi connectivity index (χ2n) is 20.5. The molecule has 0 amide bonds. The average Bonchev–Trinajstić information content (AvgIpc) is 1.44. The standard InChI is InChI=1S/C63H42Cl2N2O17/c64-60(53(72)43(66)23-29-7-3-1-4-8-29,51-35(55(74)75)15-21-41-49(51)57(78)83-62(41)37-17-11-31(68)25-45(37)81-46-26-32(69)12-18-38(46)62)59(80)61(65,54(73)44(67)24-30-9-5-2-6-10-30)52-36(56(76)77)16-22-42-50(52)58(79)84-63(42)39-19-13-33(70)27-47(39)82-48-28-34(71)14-20-40(48)63/h1-22,25-28,43-44,68-71H,23-24,66-67H2,(H,74,75)(H,76,77)/t43-,44-,60?,61?/m0/s1. The molecule has 4 aliphatic heterocycles. The van der Waals surface area contributed by atoms with Gasteiger partial charge in [0.2, 0.25) is 0 Å². The van der Waals surface area contributed by atoms with E-state index in [0.717, 1.165) is 48.5 Å². The van der Waals surface area contributed by atoms with Crippen molar-refractivity contribution in [3.05, 3.63) is 236 Å². The lowest BCUT2D eigenvalue weighted by Crippen LogP contribution is -2.59. The smallest absolute Gasteiger partial charge is 0.340 e. The summed E-state index contributed by atoms with van der Waals surface area (Å²) in [5.41, 5.74) is 3.14. The molecule has 4 aliphatic rings. The van der Waals surface area contributed by atoms with Crippen LogP contribution in [-0.4, -0.2) is 83.9 Å². The summed E-state index contributed by atoms with van der Waals surface area (Å²) >= 11 is 15.8. The Balaban J connectivity index is 1.19. The summed E-state index contributed by atoms with van der Waals surface area (Å²) in [5, 5.41) is 65.4. The minimum absolute atomic E-state index is 0.00736. The highest BCUT2D eigenvalue weighted by atomic mass is 35.5. The Morgan fingerprint density at radius 3 is 1.05 bits per heavy atom. The predicted octanol–water partition coefficient (Wildman–Crippen LogP) is 8.46. The maximum Gasteiger partial charge on any atom is 0.340 e. The first-order valence-electron chi connectivity index (χ1n) is 25.6. The number of carbonyl (C=O) groups is 7. The normalized spacial score (nSPS) is 16.5. The van der Waals surface area contributed by atoms with Crippen molar-refractivity contribution in [2.75, 3.05) is 0 Å². The molecule has 4 atom stereocenters. The number of aromatic hydroxyl groups is 4. The lowest BCUT2D eigenvalue weighted by Gasteiger charge is -2.39. The van der Waals surface area contributed by atoms with Crippen LogP contribution in [0.2, 0.25) is 0 Å². The lowest BCUT2D eigenvalue weighted by molar-refractivity contribution is -0.137. The van der Waals surface area contributed by atoms with E-state index in [1.54, 1.807) is 60.7 Å². The number of ketones is 3. The van der Waals surface area contributed by atoms with Gasteiger partial charge in [0.25, 0.3) is 0 Å². The Labute approximate surface area is 484 Å². The van der Waals surface area contributed by atoms with Gasteiger partial charge in [0.15, 0.2) is 38.3 Å². The van der Waals surface area contributed by atoms with Gasteiger partial charge in [-0.15, -0.1) is 0 Å². The first kappa shape index (κ1) is 54.5. The number of aromatic carboxylic acids is 2. The summed E-state index contributed by atoms with van der Waals surface area (Å²) in [4.78, 5) is 101. The van der Waals surface area contributed by atoms with Crippen LogP contribution >= 0.6 is 23.2 Å². The van der Waals surface area contributed by atoms with Crippen molar-refractivity contribution in [2.45, 2.75) is 45.9 Å². The molecule has 8 aromatic rings. The average molecular weight is 1170 g/mol. The fourth-order valence-electron chi connectivity index (χ4n) is 12.0. The zero-order valence-electron chi connectivity index (χ0n) is 43.2. The Morgan fingerprint density at radius 2 is 0.750 bits per heavy atom. The summed E-state index contributed by atoms with van der Waals surface area (Å²) in [6.45, 7) is 0. The molecule has 2 unspecified atom stereocenters. The second-order valence-corrected chi connectivity index (χ2v) is 21.6. The molecule has 0 saturated heterocycles. The number of nitrogens with two attached hydrogens (primary N) is 2. The highest BCUT2D eigenvalue weighted by Gasteiger charge is 2.67. The van der Waals surface area contributed by atoms with Crippen molar-refractivity contribution >= 4 is 64.4 Å². The van der Waals surface area contributed by atoms with Crippen molar-refractivity contribution in [3.8, 4) is 46.0 Å². The minimum Gasteiger partial charge on any atom is -0.508 e. The molecule has 2 spiro atoms. The van der Waals surface area contributed by atoms with Crippen LogP contribution in [0.25, 0.3) is 0 Å². The zero-order chi connectivity index (χ0) is 59.5. The van der Waals surface area contributed by atoms with Gasteiger partial charge < -0.3 is 61.1 Å². The fourth-order valence-corrected chi connectivity index (χ4v) is 13.0. The van der Waals surface area contributed by atoms with Crippen molar-refractivity contribution in [3.63, 3.8) is 0 Å². The molecule has 420 valence electrons. The van der Waals surface area contributed by atoms with Crippen LogP contribution in [0, 0.1) is 0 Å². The van der Waals surface area contributed by atoms with Crippen molar-refractivity contribution in [2.24, 2.45) is 11.5 Å². The third kappa shape index (κ3) is 7.91. The molecule has 0 radical (unpaired) electrons. The van der Waals surface area contributed by atoms with Gasteiger partial charge >= 0.3 is 23.9 Å². The second kappa shape index (κ2) is 19.6. The van der Waals surface area contributed by atoms with E-state index >= 15 is 24.0 Å². The number of hydrogen-bond donors (Lipinski definition) is 8. The van der Waals surface area contributed by atoms with Crippen LogP contribution in [0.3, 0.4) is 0 Å². The number of Topliss-reactive ketones (excluding diaryl/α,β-unsaturated/α-hetero) is 3. The number of carboxylic acids is 2. The number of ether oxygens (including phenoxy) is 4. The number of alkyl halides is 2. The van der Waals surface area contributed by atoms with E-state index < -0.39 is 120 Å². The number of hydrogen-bond acceptors (Lipinski definition) is 17. The fraction of sp³-hybridized carbons (Fsp3) is 0.127. The number of benzene rings is 8. The van der Waals surface area contributed by atoms with Crippen molar-refractivity contribution in [1.29, 1.82) is 0 Å². The molecule has 8 aromatic carbocycles. The molecular formula is C63H42Cl2N2O17. The van der Waals surface area contributed by atoms with Gasteiger partial charge in [0.05, 0.1) is 34.3 Å². The Hall–Kier alpha value is -10.1. The molecule has 10 N–H and O–H groups in total. The number of phenolic OH excluding ortho intramolecular Hbond substituents is 4. The summed E-state index contributed by atoms with van der Waals surface area (Å²) in [6.07, 6.45) is -0.923. The first-order valence-corrected chi connectivity index (χ1v) is 26.4. The molecule has 4 heterocycles. The number of esters is 2. The summed E-state index contributed by atoms with van der Waals surface area (Å²) in [6, 6.07) is 30.9. The molecule has 0 fully saturated rings. The quantitative estimate of drug-likeness (QED) is 0.0287. The number of phenols is 4. The topological polar surface area (TPSA) is 330 Å². The third-order valence-corrected chi connectivity index (χ3v) is 16.7. The predicted molar refractivity (Wildman–Crippen MR) is 296 cm³/mol. The summed E-state index contributed by atoms with van der Waals surface area (Å²) in [5.74, 6) is -13.9. The molecular weight excluding hydrogens is 1130 g/mol. The van der Waals surface area contributed by atoms with Crippen molar-refractivity contribution < 1.29 is 83.1 Å². The van der Waals surface area contributed by atoms with Gasteiger partial charge in [-0.2, -0.15) is 0 Å². The van der Waals surface area contributed by atoms with E-state index in [1.165, 1.54) is 48.5 Å². The van der Waals surface area contributed by atoms with E-state index in [-0.39, 0.29) is 79.4 Å². The SMILES string of the molecule is N[C@@H](Cc1ccccc1)C(=O)C(Cl)(C(=O)C(Cl)(C(=O)[C@@H](N)Cc1ccccc1)c1c(C(=O)O)ccc2c1C(=O)OC21c2ccc(O)cc2Oc2cc(O)ccc21)c1c(C(=O)O)ccc2c1C(=O)OC21c2ccc(O)cc2Oc2cc(O)ccc21. The maximum absolute atomic E-state index is 17.3. The largest absolute Gasteiger partial charge is 0.508 e. The molecule has 84 heavy (non-hydrogen) atoms. The number of halogens is 2. The molecule has 0 bridgehead atoms. The van der Waals surface area contributed by atoms with Gasteiger partial charge in [0, 0.05) is 68.8 Å². The van der Waals surface area contributed by atoms with E-state index in [2.05, 4.69) is 0 Å². The van der Waals surface area contributed by atoms with E-state index in [0.29, 0.717) is 11.1 Å². The van der Waals surface area contributed by atoms with Crippen LogP contribution in [0.1, 0.15) is 97.1 Å². The highest BCUT2D eigenvalue weighted by molar-refractivity contribution is 6.58. The monoisotopic (exact) mass is 1170 g/mol. The Morgan fingerprint density at radius 1 is 0.452 bits per heavy atom. The molecule has 19 nitrogen and oxygen atoms in total. The van der Waals surface area contributed by atoms with Crippen LogP contribution in [0.4, 0.5) is 0 Å². The Bertz CT molecular complexity index is 3880. The van der Waals surface area contributed by atoms with E-state index in [1.807, 2.05) is 0 Å². The van der Waals surface area contributed by atoms with Crippen LogP contribution in [0.15, 0.2) is 158 Å². The first-order chi connectivity index (χ1) is 40.0. The van der Waals surface area contributed by atoms with E-state index in [4.69, 9.17) is 53.6 Å².